The molecule has 192 valence electrons. The molecule has 0 radical (unpaired) electrons. The average Bonchev–Trinajstić information content (AvgIpc) is 2.84. The lowest BCUT2D eigenvalue weighted by molar-refractivity contribution is -0.128. The monoisotopic (exact) mass is 492 g/mol. The highest BCUT2D eigenvalue weighted by atomic mass is 16.5. The van der Waals surface area contributed by atoms with E-state index < -0.39 is 5.54 Å². The van der Waals surface area contributed by atoms with Crippen molar-refractivity contribution >= 4 is 23.3 Å². The van der Waals surface area contributed by atoms with Gasteiger partial charge in [-0.15, -0.1) is 0 Å². The quantitative estimate of drug-likeness (QED) is 0.530. The zero-order valence-corrected chi connectivity index (χ0v) is 21.4. The van der Waals surface area contributed by atoms with Gasteiger partial charge < -0.3 is 30.3 Å². The van der Waals surface area contributed by atoms with Crippen LogP contribution in [-0.2, 0) is 22.7 Å². The first-order valence-corrected chi connectivity index (χ1v) is 12.9. The third-order valence-corrected chi connectivity index (χ3v) is 7.85. The van der Waals surface area contributed by atoms with Gasteiger partial charge in [-0.1, -0.05) is 31.4 Å². The summed E-state index contributed by atoms with van der Waals surface area (Å²) in [6, 6.07) is 9.57. The van der Waals surface area contributed by atoms with Gasteiger partial charge in [-0.3, -0.25) is 4.79 Å². The van der Waals surface area contributed by atoms with Crippen molar-refractivity contribution in [3.63, 3.8) is 0 Å². The Morgan fingerprint density at radius 3 is 2.58 bits per heavy atom. The molecule has 3 N–H and O–H groups in total. The maximum atomic E-state index is 13.9. The molecule has 1 aliphatic carbocycles. The van der Waals surface area contributed by atoms with Gasteiger partial charge in [-0.2, -0.15) is 0 Å². The Morgan fingerprint density at radius 1 is 1.11 bits per heavy atom. The van der Waals surface area contributed by atoms with Gasteiger partial charge in [0.1, 0.15) is 11.3 Å². The standard InChI is InChI=1S/C28H36N4O4/c1-18-7-8-21(13-25(18)35-3)30-26(33)28(9-5-4-6-10-28)32-16-23-19(2)11-20(12-24(23)31-27(32)34)17-36-22-14-29-15-22/h7-8,11-13,22,29H,4-6,9-10,14-17H2,1-3H3,(H,30,33)(H,31,34). The molecule has 8 nitrogen and oxygen atoms in total. The summed E-state index contributed by atoms with van der Waals surface area (Å²) >= 11 is 0. The number of ether oxygens (including phenoxy) is 2. The summed E-state index contributed by atoms with van der Waals surface area (Å²) in [5.41, 5.74) is 4.79. The van der Waals surface area contributed by atoms with Gasteiger partial charge in [0.05, 0.1) is 26.4 Å². The number of hydrogen-bond donors (Lipinski definition) is 3. The molecule has 0 bridgehead atoms. The third kappa shape index (κ3) is 4.67. The second-order valence-corrected chi connectivity index (χ2v) is 10.3. The van der Waals surface area contributed by atoms with E-state index in [2.05, 4.69) is 28.9 Å². The van der Waals surface area contributed by atoms with E-state index in [1.54, 1.807) is 12.0 Å². The number of benzene rings is 2. The van der Waals surface area contributed by atoms with Crippen LogP contribution in [0.4, 0.5) is 16.2 Å². The van der Waals surface area contributed by atoms with Crippen LogP contribution >= 0.6 is 0 Å². The van der Waals surface area contributed by atoms with E-state index in [0.29, 0.717) is 31.7 Å². The summed E-state index contributed by atoms with van der Waals surface area (Å²) < 4.78 is 11.4. The van der Waals surface area contributed by atoms with Gasteiger partial charge in [0.15, 0.2) is 0 Å². The zero-order valence-electron chi connectivity index (χ0n) is 21.4. The van der Waals surface area contributed by atoms with Crippen molar-refractivity contribution in [1.29, 1.82) is 0 Å². The molecule has 8 heteroatoms. The van der Waals surface area contributed by atoms with Crippen LogP contribution in [0.25, 0.3) is 0 Å². The van der Waals surface area contributed by atoms with Crippen LogP contribution < -0.4 is 20.7 Å². The van der Waals surface area contributed by atoms with E-state index in [-0.39, 0.29) is 18.0 Å². The van der Waals surface area contributed by atoms with Crippen LogP contribution in [0.3, 0.4) is 0 Å². The summed E-state index contributed by atoms with van der Waals surface area (Å²) in [5, 5.41) is 9.40. The van der Waals surface area contributed by atoms with E-state index in [9.17, 15) is 9.59 Å². The second-order valence-electron chi connectivity index (χ2n) is 10.3. The van der Waals surface area contributed by atoms with E-state index in [0.717, 1.165) is 66.0 Å². The topological polar surface area (TPSA) is 91.9 Å². The summed E-state index contributed by atoms with van der Waals surface area (Å²) in [7, 11) is 1.62. The molecule has 3 amide bonds. The number of hydrogen-bond acceptors (Lipinski definition) is 5. The molecule has 1 saturated heterocycles. The highest BCUT2D eigenvalue weighted by molar-refractivity contribution is 6.03. The second kappa shape index (κ2) is 10.1. The Balaban J connectivity index is 1.39. The highest BCUT2D eigenvalue weighted by Crippen LogP contribution is 2.40. The lowest BCUT2D eigenvalue weighted by Gasteiger charge is -2.47. The molecule has 5 rings (SSSR count). The van der Waals surface area contributed by atoms with Gasteiger partial charge in [0.25, 0.3) is 0 Å². The van der Waals surface area contributed by atoms with Crippen molar-refractivity contribution < 1.29 is 19.1 Å². The Labute approximate surface area is 212 Å². The average molecular weight is 493 g/mol. The first-order chi connectivity index (χ1) is 17.4. The van der Waals surface area contributed by atoms with Crippen molar-refractivity contribution in [3.05, 3.63) is 52.6 Å². The Morgan fingerprint density at radius 2 is 1.89 bits per heavy atom. The third-order valence-electron chi connectivity index (χ3n) is 7.85. The van der Waals surface area contributed by atoms with Crippen LogP contribution in [0.15, 0.2) is 30.3 Å². The lowest BCUT2D eigenvalue weighted by atomic mass is 9.78. The number of carbonyl (C=O) groups is 2. The van der Waals surface area contributed by atoms with Crippen molar-refractivity contribution in [1.82, 2.24) is 10.2 Å². The summed E-state index contributed by atoms with van der Waals surface area (Å²) in [4.78, 5) is 29.1. The minimum atomic E-state index is -0.899. The fraction of sp³-hybridized carbons (Fsp3) is 0.500. The number of amides is 3. The SMILES string of the molecule is COc1cc(NC(=O)C2(N3Cc4c(C)cc(COC5CNC5)cc4NC3=O)CCCCC2)ccc1C. The number of anilines is 2. The van der Waals surface area contributed by atoms with Gasteiger partial charge in [-0.25, -0.2) is 4.79 Å². The number of urea groups is 1. The molecule has 0 spiro atoms. The number of methoxy groups -OCH3 is 1. The molecule has 0 atom stereocenters. The minimum Gasteiger partial charge on any atom is -0.496 e. The molecular formula is C28H36N4O4. The Hall–Kier alpha value is -3.10. The molecule has 36 heavy (non-hydrogen) atoms. The van der Waals surface area contributed by atoms with E-state index in [4.69, 9.17) is 9.47 Å². The van der Waals surface area contributed by atoms with E-state index in [1.165, 1.54) is 0 Å². The number of nitrogens with one attached hydrogen (secondary N) is 3. The van der Waals surface area contributed by atoms with Gasteiger partial charge >= 0.3 is 6.03 Å². The van der Waals surface area contributed by atoms with Crippen molar-refractivity contribution in [2.45, 2.75) is 70.7 Å². The van der Waals surface area contributed by atoms with Crippen molar-refractivity contribution in [3.8, 4) is 5.75 Å². The fourth-order valence-electron chi connectivity index (χ4n) is 5.55. The normalized spacial score (nSPS) is 19.2. The maximum absolute atomic E-state index is 13.9. The van der Waals surface area contributed by atoms with Gasteiger partial charge in [-0.05, 0) is 61.1 Å². The largest absolute Gasteiger partial charge is 0.496 e. The molecule has 0 unspecified atom stereocenters. The number of nitrogens with zero attached hydrogens (tertiary/aromatic N) is 1. The van der Waals surface area contributed by atoms with Crippen LogP contribution in [-0.4, -0.2) is 48.7 Å². The van der Waals surface area contributed by atoms with Crippen LogP contribution in [0, 0.1) is 13.8 Å². The minimum absolute atomic E-state index is 0.136. The smallest absolute Gasteiger partial charge is 0.323 e. The lowest BCUT2D eigenvalue weighted by Crippen LogP contribution is -2.61. The van der Waals surface area contributed by atoms with Gasteiger partial charge in [0.2, 0.25) is 5.91 Å². The summed E-state index contributed by atoms with van der Waals surface area (Å²) in [6.45, 7) is 6.73. The van der Waals surface area contributed by atoms with Gasteiger partial charge in [0, 0.05) is 30.5 Å². The zero-order chi connectivity index (χ0) is 25.3. The number of carbonyl (C=O) groups excluding carboxylic acids is 2. The highest BCUT2D eigenvalue weighted by Gasteiger charge is 2.48. The summed E-state index contributed by atoms with van der Waals surface area (Å²) in [6.07, 6.45) is 4.43. The van der Waals surface area contributed by atoms with Crippen molar-refractivity contribution in [2.75, 3.05) is 30.8 Å². The number of fused-ring (bicyclic) bond motifs is 1. The predicted molar refractivity (Wildman–Crippen MR) is 139 cm³/mol. The molecule has 2 aromatic rings. The molecular weight excluding hydrogens is 456 g/mol. The first-order valence-electron chi connectivity index (χ1n) is 12.9. The number of rotatable bonds is 7. The van der Waals surface area contributed by atoms with Crippen LogP contribution in [0.1, 0.15) is 54.4 Å². The van der Waals surface area contributed by atoms with E-state index >= 15 is 0 Å². The van der Waals surface area contributed by atoms with Crippen molar-refractivity contribution in [2.24, 2.45) is 0 Å². The fourth-order valence-corrected chi connectivity index (χ4v) is 5.55. The maximum Gasteiger partial charge on any atom is 0.323 e. The molecule has 2 aliphatic heterocycles. The predicted octanol–water partition coefficient (Wildman–Crippen LogP) is 4.49. The number of aryl methyl sites for hydroxylation is 2. The molecule has 1 saturated carbocycles. The van der Waals surface area contributed by atoms with Crippen LogP contribution in [0.2, 0.25) is 0 Å². The Bertz CT molecular complexity index is 1150. The van der Waals surface area contributed by atoms with E-state index in [1.807, 2.05) is 31.2 Å². The molecule has 3 aliphatic rings. The molecule has 2 heterocycles. The molecule has 2 aromatic carbocycles. The molecule has 2 fully saturated rings. The summed E-state index contributed by atoms with van der Waals surface area (Å²) in [5.74, 6) is 0.586. The Kier molecular flexibility index (Phi) is 6.90. The van der Waals surface area contributed by atoms with Crippen LogP contribution in [0.5, 0.6) is 5.75 Å². The first kappa shape index (κ1) is 24.6. The molecule has 0 aromatic heterocycles.